The second-order valence-corrected chi connectivity index (χ2v) is 5.37. The first-order valence-corrected chi connectivity index (χ1v) is 7.98. The van der Waals surface area contributed by atoms with Crippen molar-refractivity contribution in [2.24, 2.45) is 5.92 Å². The van der Waals surface area contributed by atoms with E-state index in [-0.39, 0.29) is 0 Å². The Hall–Kier alpha value is -0.110. The molecule has 0 aliphatic rings. The van der Waals surface area contributed by atoms with E-state index in [1.807, 2.05) is 0 Å². The number of alkyl halides is 1. The van der Waals surface area contributed by atoms with E-state index in [0.717, 1.165) is 12.3 Å². The smallest absolute Gasteiger partial charge is 0.188 e. The van der Waals surface area contributed by atoms with Crippen LogP contribution in [0.15, 0.2) is 0 Å². The average molecular weight is 260 g/mol. The minimum atomic E-state index is -0.629. The SMILES string of the molecule is CCCCCCC(CCC)CCCCCOCF. The molecule has 0 aliphatic heterocycles. The highest BCUT2D eigenvalue weighted by atomic mass is 19.1. The molecule has 0 amide bonds. The van der Waals surface area contributed by atoms with Crippen LogP contribution < -0.4 is 0 Å². The molecule has 0 aromatic rings. The van der Waals surface area contributed by atoms with Crippen LogP contribution >= 0.6 is 0 Å². The van der Waals surface area contributed by atoms with E-state index >= 15 is 0 Å². The molecule has 0 aliphatic carbocycles. The van der Waals surface area contributed by atoms with Crippen LogP contribution in [0.25, 0.3) is 0 Å². The average Bonchev–Trinajstić information content (AvgIpc) is 2.38. The maximum Gasteiger partial charge on any atom is 0.188 e. The summed E-state index contributed by atoms with van der Waals surface area (Å²) in [6, 6.07) is 0. The molecular formula is C16H33FO. The van der Waals surface area contributed by atoms with Crippen molar-refractivity contribution in [1.29, 1.82) is 0 Å². The van der Waals surface area contributed by atoms with Crippen LogP contribution in [0.4, 0.5) is 4.39 Å². The summed E-state index contributed by atoms with van der Waals surface area (Å²) in [5, 5.41) is 0. The molecule has 0 saturated heterocycles. The molecule has 0 aromatic heterocycles. The Morgan fingerprint density at radius 1 is 0.778 bits per heavy atom. The van der Waals surface area contributed by atoms with E-state index in [9.17, 15) is 4.39 Å². The number of unbranched alkanes of at least 4 members (excludes halogenated alkanes) is 5. The van der Waals surface area contributed by atoms with E-state index < -0.39 is 6.86 Å². The number of hydrogen-bond acceptors (Lipinski definition) is 1. The zero-order valence-corrected chi connectivity index (χ0v) is 12.6. The van der Waals surface area contributed by atoms with Gasteiger partial charge in [0.1, 0.15) is 0 Å². The van der Waals surface area contributed by atoms with Crippen LogP contribution in [0.5, 0.6) is 0 Å². The number of ether oxygens (including phenoxy) is 1. The van der Waals surface area contributed by atoms with Gasteiger partial charge in [-0.15, -0.1) is 0 Å². The standard InChI is InChI=1S/C16H33FO/c1-3-5-6-8-12-16(11-4-2)13-9-7-10-14-18-15-17/h16H,3-15H2,1-2H3. The fourth-order valence-corrected chi connectivity index (χ4v) is 2.57. The molecule has 0 heterocycles. The highest BCUT2D eigenvalue weighted by Gasteiger charge is 2.07. The summed E-state index contributed by atoms with van der Waals surface area (Å²) in [5.74, 6) is 0.925. The van der Waals surface area contributed by atoms with Crippen molar-refractivity contribution < 1.29 is 9.13 Å². The molecule has 0 bridgehead atoms. The summed E-state index contributed by atoms with van der Waals surface area (Å²) < 4.78 is 16.4. The van der Waals surface area contributed by atoms with Crippen LogP contribution in [0.1, 0.15) is 84.5 Å². The molecule has 0 saturated carbocycles. The lowest BCUT2D eigenvalue weighted by Gasteiger charge is -2.15. The molecule has 0 N–H and O–H groups in total. The minimum absolute atomic E-state index is 0.589. The molecule has 1 atom stereocenters. The first-order chi connectivity index (χ1) is 8.85. The Labute approximate surface area is 113 Å². The largest absolute Gasteiger partial charge is 0.350 e. The van der Waals surface area contributed by atoms with Gasteiger partial charge in [-0.1, -0.05) is 78.1 Å². The van der Waals surface area contributed by atoms with Gasteiger partial charge in [-0.3, -0.25) is 0 Å². The first-order valence-electron chi connectivity index (χ1n) is 7.98. The van der Waals surface area contributed by atoms with Crippen LogP contribution in [0, 0.1) is 5.92 Å². The van der Waals surface area contributed by atoms with Crippen LogP contribution in [0.3, 0.4) is 0 Å². The van der Waals surface area contributed by atoms with Gasteiger partial charge in [-0.05, 0) is 12.3 Å². The zero-order valence-electron chi connectivity index (χ0n) is 12.6. The Kier molecular flexibility index (Phi) is 14.9. The Morgan fingerprint density at radius 3 is 2.00 bits per heavy atom. The van der Waals surface area contributed by atoms with Crippen molar-refractivity contribution in [1.82, 2.24) is 0 Å². The minimum Gasteiger partial charge on any atom is -0.350 e. The molecule has 1 unspecified atom stereocenters. The number of rotatable bonds is 14. The van der Waals surface area contributed by atoms with Gasteiger partial charge in [0.25, 0.3) is 0 Å². The Morgan fingerprint density at radius 2 is 1.44 bits per heavy atom. The van der Waals surface area contributed by atoms with E-state index in [1.54, 1.807) is 0 Å². The lowest BCUT2D eigenvalue weighted by molar-refractivity contribution is 0.0553. The second-order valence-electron chi connectivity index (χ2n) is 5.37. The van der Waals surface area contributed by atoms with Crippen molar-refractivity contribution in [3.8, 4) is 0 Å². The maximum atomic E-state index is 11.7. The van der Waals surface area contributed by atoms with E-state index in [2.05, 4.69) is 13.8 Å². The van der Waals surface area contributed by atoms with Gasteiger partial charge in [-0.25, -0.2) is 4.39 Å². The first kappa shape index (κ1) is 17.9. The molecular weight excluding hydrogens is 227 g/mol. The maximum absolute atomic E-state index is 11.7. The van der Waals surface area contributed by atoms with E-state index in [0.29, 0.717) is 6.61 Å². The van der Waals surface area contributed by atoms with Crippen molar-refractivity contribution in [2.45, 2.75) is 84.5 Å². The number of halogens is 1. The van der Waals surface area contributed by atoms with Gasteiger partial charge in [0.2, 0.25) is 0 Å². The molecule has 18 heavy (non-hydrogen) atoms. The normalized spacial score (nSPS) is 12.8. The van der Waals surface area contributed by atoms with Gasteiger partial charge in [-0.2, -0.15) is 0 Å². The lowest BCUT2D eigenvalue weighted by Crippen LogP contribution is -2.01. The molecule has 110 valence electrons. The fraction of sp³-hybridized carbons (Fsp3) is 1.00. The van der Waals surface area contributed by atoms with Gasteiger partial charge in [0.15, 0.2) is 6.86 Å². The second kappa shape index (κ2) is 14.9. The molecule has 0 fully saturated rings. The quantitative estimate of drug-likeness (QED) is 0.354. The third-order valence-corrected chi connectivity index (χ3v) is 3.64. The predicted octanol–water partition coefficient (Wildman–Crippen LogP) is 5.88. The van der Waals surface area contributed by atoms with Crippen LogP contribution in [-0.2, 0) is 4.74 Å². The Balaban J connectivity index is 3.44. The zero-order chi connectivity index (χ0) is 13.5. The van der Waals surface area contributed by atoms with Gasteiger partial charge in [0.05, 0.1) is 0 Å². The summed E-state index contributed by atoms with van der Waals surface area (Å²) in [6.45, 7) is 4.51. The van der Waals surface area contributed by atoms with Crippen LogP contribution in [-0.4, -0.2) is 13.5 Å². The van der Waals surface area contributed by atoms with Gasteiger partial charge in [0, 0.05) is 6.61 Å². The summed E-state index contributed by atoms with van der Waals surface area (Å²) >= 11 is 0. The summed E-state index contributed by atoms with van der Waals surface area (Å²) in [4.78, 5) is 0. The van der Waals surface area contributed by atoms with Crippen molar-refractivity contribution in [3.63, 3.8) is 0 Å². The highest BCUT2D eigenvalue weighted by molar-refractivity contribution is 4.60. The van der Waals surface area contributed by atoms with E-state index in [1.165, 1.54) is 64.2 Å². The Bertz CT molecular complexity index is 150. The van der Waals surface area contributed by atoms with Crippen molar-refractivity contribution >= 4 is 0 Å². The summed E-state index contributed by atoms with van der Waals surface area (Å²) in [6.07, 6.45) is 14.5. The molecule has 2 heteroatoms. The third kappa shape index (κ3) is 12.3. The van der Waals surface area contributed by atoms with Gasteiger partial charge < -0.3 is 4.74 Å². The molecule has 0 spiro atoms. The lowest BCUT2D eigenvalue weighted by atomic mass is 9.91. The van der Waals surface area contributed by atoms with Crippen molar-refractivity contribution in [2.75, 3.05) is 13.5 Å². The third-order valence-electron chi connectivity index (χ3n) is 3.64. The summed E-state index contributed by atoms with van der Waals surface area (Å²) in [5.41, 5.74) is 0. The highest BCUT2D eigenvalue weighted by Crippen LogP contribution is 2.22. The molecule has 0 aromatic carbocycles. The van der Waals surface area contributed by atoms with Gasteiger partial charge >= 0.3 is 0 Å². The van der Waals surface area contributed by atoms with E-state index in [4.69, 9.17) is 4.74 Å². The molecule has 0 rings (SSSR count). The van der Waals surface area contributed by atoms with Crippen molar-refractivity contribution in [3.05, 3.63) is 0 Å². The summed E-state index contributed by atoms with van der Waals surface area (Å²) in [7, 11) is 0. The fourth-order valence-electron chi connectivity index (χ4n) is 2.57. The molecule has 1 nitrogen and oxygen atoms in total. The monoisotopic (exact) mass is 260 g/mol. The number of hydrogen-bond donors (Lipinski definition) is 0. The van der Waals surface area contributed by atoms with Crippen LogP contribution in [0.2, 0.25) is 0 Å². The predicted molar refractivity (Wildman–Crippen MR) is 77.6 cm³/mol. The topological polar surface area (TPSA) is 9.23 Å². The molecule has 0 radical (unpaired) electrons.